The monoisotopic (exact) mass is 872 g/mol. The number of hydrogen-bond acceptors (Lipinski definition) is 4. The molecule has 6 aromatic rings. The van der Waals surface area contributed by atoms with Crippen LogP contribution in [-0.2, 0) is 0 Å². The summed E-state index contributed by atoms with van der Waals surface area (Å²) in [5, 5.41) is 17.5. The predicted molar refractivity (Wildman–Crippen MR) is 239 cm³/mol. The first-order valence-electron chi connectivity index (χ1n) is 19.3. The third kappa shape index (κ3) is 13.6. The molecule has 0 saturated carbocycles. The first-order valence-corrected chi connectivity index (χ1v) is 20.1. The van der Waals surface area contributed by atoms with Crippen LogP contribution in [0.25, 0.3) is 33.4 Å². The summed E-state index contributed by atoms with van der Waals surface area (Å²) < 4.78 is 66.9. The van der Waals surface area contributed by atoms with Crippen molar-refractivity contribution in [2.75, 3.05) is 13.2 Å². The molecule has 6 rings (SSSR count). The zero-order chi connectivity index (χ0) is 42.4. The van der Waals surface area contributed by atoms with E-state index in [1.54, 1.807) is 6.07 Å². The Morgan fingerprint density at radius 2 is 0.898 bits per heavy atom. The van der Waals surface area contributed by atoms with Gasteiger partial charge in [-0.25, -0.2) is 8.78 Å². The summed E-state index contributed by atoms with van der Waals surface area (Å²) in [6.45, 7) is 13.1. The number of ether oxygens (including phenoxy) is 2. The maximum atomic E-state index is 14.5. The van der Waals surface area contributed by atoms with Crippen molar-refractivity contribution in [2.45, 2.75) is 74.7 Å². The van der Waals surface area contributed by atoms with E-state index in [1.165, 1.54) is 45.5 Å². The molecule has 6 aromatic carbocycles. The fourth-order valence-corrected chi connectivity index (χ4v) is 5.97. The smallest absolute Gasteiger partial charge is 0.490 e. The summed E-state index contributed by atoms with van der Waals surface area (Å²) in [6.07, 6.45) is 3.38. The minimum absolute atomic E-state index is 0. The van der Waals surface area contributed by atoms with E-state index in [4.69, 9.17) is 19.5 Å². The average molecular weight is 874 g/mol. The van der Waals surface area contributed by atoms with Crippen LogP contribution in [-0.4, -0.2) is 30.4 Å². The van der Waals surface area contributed by atoms with E-state index in [-0.39, 0.29) is 24.5 Å². The Labute approximate surface area is 356 Å². The van der Waals surface area contributed by atoms with Crippen molar-refractivity contribution in [3.8, 4) is 44.9 Å². The lowest BCUT2D eigenvalue weighted by molar-refractivity contribution is 0.289. The molecule has 0 aliphatic rings. The van der Waals surface area contributed by atoms with Crippen molar-refractivity contribution in [3.63, 3.8) is 0 Å². The van der Waals surface area contributed by atoms with E-state index in [1.807, 2.05) is 38.1 Å². The molecule has 0 bridgehead atoms. The summed E-state index contributed by atoms with van der Waals surface area (Å²) in [5.41, 5.74) is 10.2. The molecule has 312 valence electrons. The first kappa shape index (κ1) is 48.5. The highest BCUT2D eigenvalue weighted by atomic mass is 79.9. The molecule has 0 amide bonds. The van der Waals surface area contributed by atoms with Crippen LogP contribution < -0.4 is 14.9 Å². The first-order chi connectivity index (χ1) is 27.7. The molecule has 59 heavy (non-hydrogen) atoms. The van der Waals surface area contributed by atoms with E-state index in [2.05, 4.69) is 104 Å². The van der Waals surface area contributed by atoms with Gasteiger partial charge in [0, 0.05) is 15.5 Å². The van der Waals surface area contributed by atoms with Gasteiger partial charge in [-0.1, -0.05) is 129 Å². The van der Waals surface area contributed by atoms with Crippen molar-refractivity contribution in [2.24, 2.45) is 0 Å². The van der Waals surface area contributed by atoms with Crippen molar-refractivity contribution in [1.82, 2.24) is 0 Å². The molecule has 0 unspecified atom stereocenters. The second-order valence-corrected chi connectivity index (χ2v) is 14.9. The molecule has 0 aliphatic heterocycles. The fourth-order valence-electron chi connectivity index (χ4n) is 5.70. The molecule has 0 radical (unpaired) electrons. The van der Waals surface area contributed by atoms with Crippen LogP contribution in [0.3, 0.4) is 0 Å². The SMILES string of the molecule is C.CCCCOc1ccc(-c2ccc(-c3ccc(C)c(C)c3)cc2)c(F)c1F.CCCCOc1ccc(B(O)O)c(F)c1F.Cc1ccc(-c2ccc(Br)cc2)cc1C. The average Bonchev–Trinajstić information content (AvgIpc) is 3.21. The van der Waals surface area contributed by atoms with Crippen molar-refractivity contribution < 1.29 is 37.1 Å². The van der Waals surface area contributed by atoms with E-state index >= 15 is 0 Å². The maximum Gasteiger partial charge on any atom is 0.491 e. The minimum Gasteiger partial charge on any atom is -0.490 e. The zero-order valence-corrected chi connectivity index (χ0v) is 35.4. The molecular weight excluding hydrogens is 819 g/mol. The molecule has 0 saturated heterocycles. The number of halogens is 5. The van der Waals surface area contributed by atoms with Crippen LogP contribution >= 0.6 is 15.9 Å². The van der Waals surface area contributed by atoms with Crippen LogP contribution in [0.15, 0.2) is 114 Å². The third-order valence-corrected chi connectivity index (χ3v) is 10.2. The molecule has 10 heteroatoms. The van der Waals surface area contributed by atoms with Gasteiger partial charge in [-0.15, -0.1) is 0 Å². The topological polar surface area (TPSA) is 58.9 Å². The summed E-state index contributed by atoms with van der Waals surface area (Å²) >= 11 is 3.44. The summed E-state index contributed by atoms with van der Waals surface area (Å²) in [5.74, 6) is -4.53. The van der Waals surface area contributed by atoms with Crippen LogP contribution in [0.1, 0.15) is 69.2 Å². The number of benzene rings is 6. The molecule has 0 aliphatic carbocycles. The zero-order valence-electron chi connectivity index (χ0n) is 33.8. The third-order valence-electron chi connectivity index (χ3n) is 9.63. The van der Waals surface area contributed by atoms with Gasteiger partial charge in [-0.2, -0.15) is 8.78 Å². The van der Waals surface area contributed by atoms with E-state index in [0.29, 0.717) is 18.8 Å². The van der Waals surface area contributed by atoms with Crippen LogP contribution in [0, 0.1) is 51.0 Å². The highest BCUT2D eigenvalue weighted by molar-refractivity contribution is 9.10. The van der Waals surface area contributed by atoms with Gasteiger partial charge in [0.25, 0.3) is 0 Å². The molecule has 0 atom stereocenters. The maximum absolute atomic E-state index is 14.5. The standard InChI is InChI=1S/C24H24F2O.C14H13Br.C10H13BF2O3.CH4/c1-4-5-14-27-22-13-12-21(23(25)24(22)26)19-10-8-18(9-11-19)20-7-6-16(2)17(3)15-20;1-10-3-4-13(9-11(10)2)12-5-7-14(15)8-6-12;1-2-3-6-16-8-5-4-7(11(14)15)9(12)10(8)13;/h6-13,15H,4-5,14H2,1-3H3;3-9H,1-2H3;4-5,14-15H,2-3,6H2,1H3;1H4. The molecular formula is C49H54BBrF4O4. The van der Waals surface area contributed by atoms with Crippen LogP contribution in [0.5, 0.6) is 11.5 Å². The molecule has 0 spiro atoms. The van der Waals surface area contributed by atoms with Crippen molar-refractivity contribution >= 4 is 28.5 Å². The van der Waals surface area contributed by atoms with E-state index in [9.17, 15) is 17.6 Å². The molecule has 0 fully saturated rings. The summed E-state index contributed by atoms with van der Waals surface area (Å²) in [6, 6.07) is 34.1. The number of hydrogen-bond donors (Lipinski definition) is 2. The van der Waals surface area contributed by atoms with E-state index < -0.39 is 35.9 Å². The largest absolute Gasteiger partial charge is 0.491 e. The van der Waals surface area contributed by atoms with E-state index in [0.717, 1.165) is 47.3 Å². The quantitative estimate of drug-likeness (QED) is 0.0731. The van der Waals surface area contributed by atoms with Gasteiger partial charge in [-0.3, -0.25) is 0 Å². The highest BCUT2D eigenvalue weighted by Crippen LogP contribution is 2.32. The fraction of sp³-hybridized carbons (Fsp3) is 0.265. The second-order valence-electron chi connectivity index (χ2n) is 14.0. The van der Waals surface area contributed by atoms with Gasteiger partial charge in [-0.05, 0) is 121 Å². The highest BCUT2D eigenvalue weighted by Gasteiger charge is 2.22. The van der Waals surface area contributed by atoms with Gasteiger partial charge < -0.3 is 19.5 Å². The lowest BCUT2D eigenvalue weighted by Crippen LogP contribution is -2.33. The Bertz CT molecular complexity index is 2250. The Hall–Kier alpha value is -4.90. The van der Waals surface area contributed by atoms with Crippen LogP contribution in [0.4, 0.5) is 17.6 Å². The summed E-state index contributed by atoms with van der Waals surface area (Å²) in [7, 11) is -2.03. The predicted octanol–water partition coefficient (Wildman–Crippen LogP) is 13.3. The van der Waals surface area contributed by atoms with Gasteiger partial charge in [0.2, 0.25) is 5.82 Å². The minimum atomic E-state index is -2.03. The second kappa shape index (κ2) is 23.6. The Balaban J connectivity index is 0.000000250. The molecule has 4 nitrogen and oxygen atoms in total. The van der Waals surface area contributed by atoms with Gasteiger partial charge in [0.1, 0.15) is 0 Å². The van der Waals surface area contributed by atoms with Crippen molar-refractivity contribution in [3.05, 3.63) is 159 Å². The lowest BCUT2D eigenvalue weighted by atomic mass is 9.80. The van der Waals surface area contributed by atoms with Gasteiger partial charge >= 0.3 is 7.12 Å². The Morgan fingerprint density at radius 3 is 1.34 bits per heavy atom. The number of rotatable bonds is 12. The lowest BCUT2D eigenvalue weighted by Gasteiger charge is -2.11. The van der Waals surface area contributed by atoms with Crippen LogP contribution in [0.2, 0.25) is 0 Å². The number of aryl methyl sites for hydroxylation is 4. The summed E-state index contributed by atoms with van der Waals surface area (Å²) in [4.78, 5) is 0. The Morgan fingerprint density at radius 1 is 0.492 bits per heavy atom. The van der Waals surface area contributed by atoms with Gasteiger partial charge in [0.05, 0.1) is 13.2 Å². The Kier molecular flexibility index (Phi) is 19.4. The molecule has 2 N–H and O–H groups in total. The number of unbranched alkanes of at least 4 members (excludes halogenated alkanes) is 2. The van der Waals surface area contributed by atoms with Crippen molar-refractivity contribution in [1.29, 1.82) is 0 Å². The molecule has 0 aromatic heterocycles. The molecule has 0 heterocycles. The van der Waals surface area contributed by atoms with Gasteiger partial charge in [0.15, 0.2) is 29.0 Å². The normalized spacial score (nSPS) is 10.4.